The molecule has 4 heterocycles. The summed E-state index contributed by atoms with van der Waals surface area (Å²) in [6.45, 7) is 7.25. The van der Waals surface area contributed by atoms with Gasteiger partial charge in [0.15, 0.2) is 0 Å². The Hall–Kier alpha value is -4.62. The molecule has 0 aliphatic rings. The van der Waals surface area contributed by atoms with Crippen molar-refractivity contribution in [3.8, 4) is 34.0 Å². The standard InChI is InChI=1S/C19H23N3O.C15H14N2O/c1-4-23-17-9-7-15(8-10-17)18-14-16-6-5-11-20-19(16)22(18)13-12-21(2)3;1-2-18-13-7-5-11(6-8-13)14-10-12-4-3-9-16-15(12)17-14/h5-11,14H,4,12-13H2,1-3H3;3-10H,2H2,1H3,(H,16,17). The zero-order chi connectivity index (χ0) is 28.6. The van der Waals surface area contributed by atoms with Gasteiger partial charge in [-0.1, -0.05) is 0 Å². The molecule has 0 bridgehead atoms. The van der Waals surface area contributed by atoms with Gasteiger partial charge in [-0.25, -0.2) is 9.97 Å². The van der Waals surface area contributed by atoms with Gasteiger partial charge in [-0.15, -0.1) is 0 Å². The zero-order valence-electron chi connectivity index (χ0n) is 24.2. The smallest absolute Gasteiger partial charge is 0.140 e. The van der Waals surface area contributed by atoms with Crippen LogP contribution in [0.1, 0.15) is 13.8 Å². The summed E-state index contributed by atoms with van der Waals surface area (Å²) in [5, 5.41) is 2.30. The summed E-state index contributed by atoms with van der Waals surface area (Å²) in [7, 11) is 4.19. The molecule has 0 amide bonds. The number of aromatic amines is 1. The fraction of sp³-hybridized carbons (Fsp3) is 0.235. The molecular weight excluding hydrogens is 510 g/mol. The van der Waals surface area contributed by atoms with Crippen LogP contribution in [0.3, 0.4) is 0 Å². The van der Waals surface area contributed by atoms with Crippen LogP contribution in [0.2, 0.25) is 0 Å². The molecule has 7 heteroatoms. The van der Waals surface area contributed by atoms with Gasteiger partial charge in [0.1, 0.15) is 22.8 Å². The van der Waals surface area contributed by atoms with Crippen LogP contribution in [0.25, 0.3) is 44.6 Å². The van der Waals surface area contributed by atoms with Crippen molar-refractivity contribution in [1.82, 2.24) is 24.4 Å². The molecule has 0 fully saturated rings. The van der Waals surface area contributed by atoms with E-state index in [1.165, 1.54) is 16.6 Å². The summed E-state index contributed by atoms with van der Waals surface area (Å²) in [6.07, 6.45) is 3.65. The van der Waals surface area contributed by atoms with Crippen molar-refractivity contribution in [2.24, 2.45) is 0 Å². The molecule has 6 rings (SSSR count). The minimum atomic E-state index is 0.687. The maximum atomic E-state index is 5.54. The Kier molecular flexibility index (Phi) is 8.96. The largest absolute Gasteiger partial charge is 0.494 e. The molecule has 2 aromatic carbocycles. The van der Waals surface area contributed by atoms with Crippen LogP contribution in [0, 0.1) is 0 Å². The van der Waals surface area contributed by atoms with Crippen molar-refractivity contribution < 1.29 is 9.47 Å². The predicted molar refractivity (Wildman–Crippen MR) is 168 cm³/mol. The Bertz CT molecular complexity index is 1650. The lowest BCUT2D eigenvalue weighted by Gasteiger charge is -2.14. The highest BCUT2D eigenvalue weighted by atomic mass is 16.5. The third-order valence-corrected chi connectivity index (χ3v) is 6.76. The van der Waals surface area contributed by atoms with Crippen molar-refractivity contribution in [2.45, 2.75) is 20.4 Å². The van der Waals surface area contributed by atoms with E-state index in [1.54, 1.807) is 6.20 Å². The maximum Gasteiger partial charge on any atom is 0.140 e. The van der Waals surface area contributed by atoms with E-state index in [-0.39, 0.29) is 0 Å². The second-order valence-electron chi connectivity index (χ2n) is 9.94. The molecule has 0 aliphatic heterocycles. The summed E-state index contributed by atoms with van der Waals surface area (Å²) < 4.78 is 13.3. The number of ether oxygens (including phenoxy) is 2. The normalized spacial score (nSPS) is 11.0. The molecule has 210 valence electrons. The second kappa shape index (κ2) is 13.2. The molecule has 0 saturated heterocycles. The van der Waals surface area contributed by atoms with E-state index in [2.05, 4.69) is 87.0 Å². The summed E-state index contributed by atoms with van der Waals surface area (Å²) in [5.41, 5.74) is 6.55. The molecule has 1 N–H and O–H groups in total. The Balaban J connectivity index is 0.000000169. The summed E-state index contributed by atoms with van der Waals surface area (Å²) in [5.74, 6) is 1.81. The van der Waals surface area contributed by atoms with Crippen LogP contribution in [0.15, 0.2) is 97.3 Å². The van der Waals surface area contributed by atoms with Crippen LogP contribution in [-0.4, -0.2) is 58.3 Å². The van der Waals surface area contributed by atoms with Gasteiger partial charge in [0.2, 0.25) is 0 Å². The molecule has 0 unspecified atom stereocenters. The lowest BCUT2D eigenvalue weighted by Crippen LogP contribution is -2.18. The van der Waals surface area contributed by atoms with Gasteiger partial charge in [0, 0.05) is 41.9 Å². The van der Waals surface area contributed by atoms with E-state index >= 15 is 0 Å². The zero-order valence-corrected chi connectivity index (χ0v) is 24.2. The number of benzene rings is 2. The van der Waals surface area contributed by atoms with Crippen molar-refractivity contribution in [1.29, 1.82) is 0 Å². The molecule has 0 radical (unpaired) electrons. The van der Waals surface area contributed by atoms with E-state index in [4.69, 9.17) is 9.47 Å². The van der Waals surface area contributed by atoms with E-state index in [9.17, 15) is 0 Å². The third kappa shape index (κ3) is 6.76. The Morgan fingerprint density at radius 3 is 1.95 bits per heavy atom. The number of rotatable bonds is 9. The first kappa shape index (κ1) is 27.9. The molecule has 4 aromatic heterocycles. The van der Waals surface area contributed by atoms with E-state index in [0.29, 0.717) is 13.2 Å². The van der Waals surface area contributed by atoms with Gasteiger partial charge < -0.3 is 23.9 Å². The molecule has 6 aromatic rings. The highest BCUT2D eigenvalue weighted by molar-refractivity contribution is 5.84. The predicted octanol–water partition coefficient (Wildman–Crippen LogP) is 7.29. The fourth-order valence-corrected chi connectivity index (χ4v) is 4.75. The SMILES string of the molecule is CCOc1ccc(-c2cc3cccnc3[nH]2)cc1.CCOc1ccc(-c2cc3cccnc3n2CCN(C)C)cc1. The van der Waals surface area contributed by atoms with Gasteiger partial charge in [-0.3, -0.25) is 0 Å². The molecule has 41 heavy (non-hydrogen) atoms. The van der Waals surface area contributed by atoms with Crippen LogP contribution in [0.4, 0.5) is 0 Å². The summed E-state index contributed by atoms with van der Waals surface area (Å²) in [4.78, 5) is 14.4. The minimum absolute atomic E-state index is 0.687. The van der Waals surface area contributed by atoms with E-state index in [0.717, 1.165) is 52.5 Å². The number of pyridine rings is 2. The van der Waals surface area contributed by atoms with Gasteiger partial charge >= 0.3 is 0 Å². The Morgan fingerprint density at radius 2 is 1.34 bits per heavy atom. The monoisotopic (exact) mass is 547 g/mol. The highest BCUT2D eigenvalue weighted by Gasteiger charge is 2.12. The number of aromatic nitrogens is 4. The van der Waals surface area contributed by atoms with E-state index < -0.39 is 0 Å². The first-order chi connectivity index (χ1) is 20.1. The van der Waals surface area contributed by atoms with E-state index in [1.807, 2.05) is 56.4 Å². The first-order valence-corrected chi connectivity index (χ1v) is 14.0. The molecule has 7 nitrogen and oxygen atoms in total. The molecule has 0 atom stereocenters. The topological polar surface area (TPSA) is 68.2 Å². The van der Waals surface area contributed by atoms with Crippen molar-refractivity contribution >= 4 is 22.1 Å². The number of H-pyrrole nitrogens is 1. The molecular formula is C34H37N5O2. The quantitative estimate of drug-likeness (QED) is 0.206. The Labute approximate surface area is 241 Å². The number of likely N-dealkylation sites (N-methyl/N-ethyl adjacent to an activating group) is 1. The first-order valence-electron chi connectivity index (χ1n) is 14.0. The van der Waals surface area contributed by atoms with Crippen LogP contribution < -0.4 is 9.47 Å². The fourth-order valence-electron chi connectivity index (χ4n) is 4.75. The molecule has 0 spiro atoms. The van der Waals surface area contributed by atoms with Crippen molar-refractivity contribution in [3.63, 3.8) is 0 Å². The van der Waals surface area contributed by atoms with Gasteiger partial charge in [0.25, 0.3) is 0 Å². The van der Waals surface area contributed by atoms with Crippen molar-refractivity contribution in [2.75, 3.05) is 33.9 Å². The summed E-state index contributed by atoms with van der Waals surface area (Å²) in [6, 6.07) is 28.8. The van der Waals surface area contributed by atoms with Gasteiger partial charge in [0.05, 0.1) is 18.9 Å². The average molecular weight is 548 g/mol. The third-order valence-electron chi connectivity index (χ3n) is 6.76. The highest BCUT2D eigenvalue weighted by Crippen LogP contribution is 2.29. The van der Waals surface area contributed by atoms with Gasteiger partial charge in [-0.2, -0.15) is 0 Å². The minimum Gasteiger partial charge on any atom is -0.494 e. The lowest BCUT2D eigenvalue weighted by atomic mass is 10.1. The summed E-state index contributed by atoms with van der Waals surface area (Å²) >= 11 is 0. The number of nitrogens with one attached hydrogen (secondary N) is 1. The second-order valence-corrected chi connectivity index (χ2v) is 9.94. The van der Waals surface area contributed by atoms with Crippen LogP contribution in [-0.2, 0) is 6.54 Å². The van der Waals surface area contributed by atoms with Gasteiger partial charge in [-0.05, 0) is 124 Å². The molecule has 0 saturated carbocycles. The molecule has 0 aliphatic carbocycles. The number of hydrogen-bond acceptors (Lipinski definition) is 5. The average Bonchev–Trinajstić information content (AvgIpc) is 3.59. The van der Waals surface area contributed by atoms with Crippen molar-refractivity contribution in [3.05, 3.63) is 97.3 Å². The number of hydrogen-bond donors (Lipinski definition) is 1. The Morgan fingerprint density at radius 1 is 0.732 bits per heavy atom. The lowest BCUT2D eigenvalue weighted by molar-refractivity contribution is 0.340. The van der Waals surface area contributed by atoms with Crippen LogP contribution >= 0.6 is 0 Å². The number of fused-ring (bicyclic) bond motifs is 2. The van der Waals surface area contributed by atoms with Crippen LogP contribution in [0.5, 0.6) is 11.5 Å². The number of nitrogens with zero attached hydrogens (tertiary/aromatic N) is 4. The maximum absolute atomic E-state index is 5.54.